The van der Waals surface area contributed by atoms with Crippen LogP contribution in [0.25, 0.3) is 0 Å². The minimum atomic E-state index is 0.0229. The van der Waals surface area contributed by atoms with Gasteiger partial charge in [-0.1, -0.05) is 6.07 Å². The Hall–Kier alpha value is -2.07. The number of nitrogens with zero attached hydrogens (tertiary/aromatic N) is 1. The zero-order chi connectivity index (χ0) is 13.9. The molecule has 1 aromatic heterocycles. The number of hydrogen-bond acceptors (Lipinski definition) is 3. The van der Waals surface area contributed by atoms with Crippen LogP contribution in [-0.2, 0) is 19.5 Å². The zero-order valence-electron chi connectivity index (χ0n) is 11.6. The number of amides is 1. The Labute approximate surface area is 118 Å². The summed E-state index contributed by atoms with van der Waals surface area (Å²) in [4.78, 5) is 14.1. The number of furan rings is 1. The molecule has 0 fully saturated rings. The average molecular weight is 270 g/mol. The average Bonchev–Trinajstić information content (AvgIpc) is 2.99. The van der Waals surface area contributed by atoms with Gasteiger partial charge in [0.1, 0.15) is 5.76 Å². The molecular formula is C16H18N2O2. The molecule has 4 heteroatoms. The monoisotopic (exact) mass is 270 g/mol. The number of carbonyl (C=O) groups is 1. The van der Waals surface area contributed by atoms with E-state index < -0.39 is 0 Å². The van der Waals surface area contributed by atoms with Gasteiger partial charge in [0.2, 0.25) is 0 Å². The van der Waals surface area contributed by atoms with Gasteiger partial charge in [-0.3, -0.25) is 4.79 Å². The summed E-state index contributed by atoms with van der Waals surface area (Å²) in [5.41, 5.74) is 3.31. The van der Waals surface area contributed by atoms with Crippen molar-refractivity contribution in [3.63, 3.8) is 0 Å². The number of hydrogen-bond donors (Lipinski definition) is 1. The highest BCUT2D eigenvalue weighted by Crippen LogP contribution is 2.17. The molecular weight excluding hydrogens is 252 g/mol. The van der Waals surface area contributed by atoms with E-state index in [2.05, 4.69) is 11.4 Å². The van der Waals surface area contributed by atoms with Crippen LogP contribution in [0.5, 0.6) is 0 Å². The predicted octanol–water partition coefficient (Wildman–Crippen LogP) is 2.20. The normalized spacial score (nSPS) is 13.8. The summed E-state index contributed by atoms with van der Waals surface area (Å²) in [6, 6.07) is 9.70. The van der Waals surface area contributed by atoms with E-state index in [0.717, 1.165) is 30.8 Å². The summed E-state index contributed by atoms with van der Waals surface area (Å²) >= 11 is 0. The van der Waals surface area contributed by atoms with E-state index in [0.29, 0.717) is 6.54 Å². The third-order valence-electron chi connectivity index (χ3n) is 3.66. The first-order valence-corrected chi connectivity index (χ1v) is 6.84. The Bertz CT molecular complexity index is 605. The molecule has 0 atom stereocenters. The van der Waals surface area contributed by atoms with E-state index >= 15 is 0 Å². The molecule has 0 radical (unpaired) electrons. The molecule has 20 heavy (non-hydrogen) atoms. The lowest BCUT2D eigenvalue weighted by atomic mass is 9.98. The van der Waals surface area contributed by atoms with E-state index in [1.807, 2.05) is 24.3 Å². The van der Waals surface area contributed by atoms with Crippen molar-refractivity contribution in [2.45, 2.75) is 19.5 Å². The Balaban J connectivity index is 1.76. The molecule has 3 rings (SSSR count). The van der Waals surface area contributed by atoms with E-state index in [1.54, 1.807) is 18.2 Å². The third-order valence-corrected chi connectivity index (χ3v) is 3.66. The second kappa shape index (κ2) is 5.51. The first kappa shape index (κ1) is 12.9. The maximum absolute atomic E-state index is 12.4. The molecule has 0 saturated heterocycles. The molecule has 0 saturated carbocycles. The van der Waals surface area contributed by atoms with Gasteiger partial charge in [-0.05, 0) is 48.4 Å². The Morgan fingerprint density at radius 2 is 2.25 bits per heavy atom. The van der Waals surface area contributed by atoms with Crippen molar-refractivity contribution in [3.8, 4) is 0 Å². The fourth-order valence-corrected chi connectivity index (χ4v) is 2.54. The lowest BCUT2D eigenvalue weighted by Crippen LogP contribution is -2.27. The molecule has 0 bridgehead atoms. The third kappa shape index (κ3) is 2.60. The highest BCUT2D eigenvalue weighted by Gasteiger charge is 2.16. The van der Waals surface area contributed by atoms with Crippen LogP contribution in [0.2, 0.25) is 0 Å². The van der Waals surface area contributed by atoms with E-state index in [-0.39, 0.29) is 5.91 Å². The van der Waals surface area contributed by atoms with Gasteiger partial charge in [0.15, 0.2) is 0 Å². The Morgan fingerprint density at radius 1 is 1.35 bits per heavy atom. The summed E-state index contributed by atoms with van der Waals surface area (Å²) in [5, 5.41) is 3.33. The molecule has 0 spiro atoms. The van der Waals surface area contributed by atoms with Crippen molar-refractivity contribution in [1.82, 2.24) is 10.2 Å². The van der Waals surface area contributed by atoms with E-state index in [4.69, 9.17) is 4.42 Å². The van der Waals surface area contributed by atoms with Gasteiger partial charge in [0.05, 0.1) is 12.8 Å². The maximum Gasteiger partial charge on any atom is 0.254 e. The van der Waals surface area contributed by atoms with Crippen molar-refractivity contribution < 1.29 is 9.21 Å². The van der Waals surface area contributed by atoms with E-state index in [9.17, 15) is 4.79 Å². The van der Waals surface area contributed by atoms with Crippen LogP contribution in [0.4, 0.5) is 0 Å². The molecule has 1 aliphatic rings. The van der Waals surface area contributed by atoms with Gasteiger partial charge in [0.25, 0.3) is 5.91 Å². The zero-order valence-corrected chi connectivity index (χ0v) is 11.6. The van der Waals surface area contributed by atoms with Crippen LogP contribution in [0.1, 0.15) is 27.2 Å². The second-order valence-electron chi connectivity index (χ2n) is 5.15. The summed E-state index contributed by atoms with van der Waals surface area (Å²) in [5.74, 6) is 0.815. The SMILES string of the molecule is CN(Cc1ccco1)C(=O)c1ccc2c(c1)CNCC2. The van der Waals surface area contributed by atoms with Gasteiger partial charge >= 0.3 is 0 Å². The van der Waals surface area contributed by atoms with Crippen LogP contribution in [0.15, 0.2) is 41.0 Å². The molecule has 104 valence electrons. The van der Waals surface area contributed by atoms with Crippen LogP contribution in [0, 0.1) is 0 Å². The molecule has 2 heterocycles. The minimum Gasteiger partial charge on any atom is -0.467 e. The molecule has 1 aliphatic heterocycles. The number of rotatable bonds is 3. The van der Waals surface area contributed by atoms with Crippen molar-refractivity contribution >= 4 is 5.91 Å². The fraction of sp³-hybridized carbons (Fsp3) is 0.312. The van der Waals surface area contributed by atoms with Crippen LogP contribution in [0.3, 0.4) is 0 Å². The largest absolute Gasteiger partial charge is 0.467 e. The molecule has 2 aromatic rings. The smallest absolute Gasteiger partial charge is 0.254 e. The highest BCUT2D eigenvalue weighted by atomic mass is 16.3. The minimum absolute atomic E-state index is 0.0229. The Kier molecular flexibility index (Phi) is 3.56. The van der Waals surface area contributed by atoms with Crippen molar-refractivity contribution in [1.29, 1.82) is 0 Å². The number of nitrogens with one attached hydrogen (secondary N) is 1. The van der Waals surface area contributed by atoms with Crippen molar-refractivity contribution in [3.05, 3.63) is 59.0 Å². The van der Waals surface area contributed by atoms with Crippen molar-refractivity contribution in [2.75, 3.05) is 13.6 Å². The summed E-state index contributed by atoms with van der Waals surface area (Å²) in [7, 11) is 1.79. The molecule has 1 aromatic carbocycles. The van der Waals surface area contributed by atoms with Crippen LogP contribution < -0.4 is 5.32 Å². The van der Waals surface area contributed by atoms with Crippen LogP contribution >= 0.6 is 0 Å². The van der Waals surface area contributed by atoms with Gasteiger partial charge in [-0.15, -0.1) is 0 Å². The second-order valence-corrected chi connectivity index (χ2v) is 5.15. The quantitative estimate of drug-likeness (QED) is 0.930. The maximum atomic E-state index is 12.4. The highest BCUT2D eigenvalue weighted by molar-refractivity contribution is 5.94. The van der Waals surface area contributed by atoms with Crippen molar-refractivity contribution in [2.24, 2.45) is 0 Å². The first-order chi connectivity index (χ1) is 9.74. The predicted molar refractivity (Wildman–Crippen MR) is 76.4 cm³/mol. The number of benzene rings is 1. The molecule has 0 aliphatic carbocycles. The van der Waals surface area contributed by atoms with Gasteiger partial charge in [-0.25, -0.2) is 0 Å². The first-order valence-electron chi connectivity index (χ1n) is 6.84. The fourth-order valence-electron chi connectivity index (χ4n) is 2.54. The molecule has 1 amide bonds. The number of fused-ring (bicyclic) bond motifs is 1. The molecule has 4 nitrogen and oxygen atoms in total. The lowest BCUT2D eigenvalue weighted by Gasteiger charge is -2.20. The lowest BCUT2D eigenvalue weighted by molar-refractivity contribution is 0.0775. The van der Waals surface area contributed by atoms with Crippen LogP contribution in [-0.4, -0.2) is 24.4 Å². The number of carbonyl (C=O) groups excluding carboxylic acids is 1. The summed E-state index contributed by atoms with van der Waals surface area (Å²) in [6.07, 6.45) is 2.66. The van der Waals surface area contributed by atoms with Gasteiger partial charge < -0.3 is 14.6 Å². The van der Waals surface area contributed by atoms with Gasteiger partial charge in [0, 0.05) is 19.2 Å². The summed E-state index contributed by atoms with van der Waals surface area (Å²) in [6.45, 7) is 2.35. The Morgan fingerprint density at radius 3 is 3.05 bits per heavy atom. The topological polar surface area (TPSA) is 45.5 Å². The van der Waals surface area contributed by atoms with E-state index in [1.165, 1.54) is 11.1 Å². The summed E-state index contributed by atoms with van der Waals surface area (Å²) < 4.78 is 5.28. The molecule has 1 N–H and O–H groups in total. The molecule has 0 unspecified atom stereocenters. The standard InChI is InChI=1S/C16H18N2O2/c1-18(11-15-3-2-8-20-15)16(19)13-5-4-12-6-7-17-10-14(12)9-13/h2-5,8-9,17H,6-7,10-11H2,1H3. The van der Waals surface area contributed by atoms with Gasteiger partial charge in [-0.2, -0.15) is 0 Å².